The first-order valence-corrected chi connectivity index (χ1v) is 11.5. The largest absolute Gasteiger partial charge is 0.433 e. The summed E-state index contributed by atoms with van der Waals surface area (Å²) in [6.45, 7) is 3.11. The number of hydrogen-bond donors (Lipinski definition) is 2. The third-order valence-corrected chi connectivity index (χ3v) is 6.46. The van der Waals surface area contributed by atoms with Gasteiger partial charge in [-0.15, -0.1) is 0 Å². The second-order valence-electron chi connectivity index (χ2n) is 9.56. The second-order valence-corrected chi connectivity index (χ2v) is 9.56. The van der Waals surface area contributed by atoms with E-state index in [-0.39, 0.29) is 17.4 Å². The summed E-state index contributed by atoms with van der Waals surface area (Å²) >= 11 is 0. The van der Waals surface area contributed by atoms with Gasteiger partial charge in [0.15, 0.2) is 0 Å². The number of amides is 1. The van der Waals surface area contributed by atoms with Crippen LogP contribution in [0.4, 0.5) is 18.9 Å². The lowest BCUT2D eigenvalue weighted by Crippen LogP contribution is -2.22. The number of anilines is 1. The molecule has 7 nitrogen and oxygen atoms in total. The van der Waals surface area contributed by atoms with E-state index in [2.05, 4.69) is 15.4 Å². The van der Waals surface area contributed by atoms with E-state index >= 15 is 0 Å². The molecule has 0 unspecified atom stereocenters. The van der Waals surface area contributed by atoms with Gasteiger partial charge in [-0.3, -0.25) is 9.48 Å². The number of carbonyl (C=O) groups excluding carboxylic acids is 2. The van der Waals surface area contributed by atoms with E-state index in [1.54, 1.807) is 26.0 Å². The Bertz CT molecular complexity index is 1240. The van der Waals surface area contributed by atoms with Crippen molar-refractivity contribution >= 4 is 28.8 Å². The van der Waals surface area contributed by atoms with Crippen molar-refractivity contribution < 1.29 is 27.9 Å². The van der Waals surface area contributed by atoms with Crippen LogP contribution >= 0.6 is 0 Å². The molecular formula is C25H27F3N4O3. The van der Waals surface area contributed by atoms with Gasteiger partial charge in [0.25, 0.3) is 5.91 Å². The van der Waals surface area contributed by atoms with E-state index in [4.69, 9.17) is 0 Å². The standard InChI is InChI=1S/C25H27F3N4O3/c1-24(2,35)18-13-20-16(14-32(31-20)17-8-6-15(7-9-17)10-11-33)12-21(18)30-23(34)19-4-3-5-22(29-19)25(26,27)28/h3-5,11-15,17,35H,6-10H2,1-2H3,(H,30,34). The predicted molar refractivity (Wildman–Crippen MR) is 124 cm³/mol. The molecule has 35 heavy (non-hydrogen) atoms. The van der Waals surface area contributed by atoms with E-state index in [1.807, 2.05) is 10.9 Å². The Morgan fingerprint density at radius 2 is 1.91 bits per heavy atom. The molecule has 0 spiro atoms. The van der Waals surface area contributed by atoms with Gasteiger partial charge < -0.3 is 15.2 Å². The first kappa shape index (κ1) is 24.8. The van der Waals surface area contributed by atoms with Crippen LogP contribution in [0.1, 0.15) is 73.7 Å². The zero-order valence-corrected chi connectivity index (χ0v) is 19.5. The van der Waals surface area contributed by atoms with Crippen molar-refractivity contribution in [2.45, 2.75) is 63.8 Å². The van der Waals surface area contributed by atoms with Gasteiger partial charge in [0.1, 0.15) is 17.7 Å². The zero-order valence-electron chi connectivity index (χ0n) is 19.5. The topological polar surface area (TPSA) is 97.1 Å². The number of carbonyl (C=O) groups is 2. The summed E-state index contributed by atoms with van der Waals surface area (Å²) in [6.07, 6.45) is 2.42. The van der Waals surface area contributed by atoms with Gasteiger partial charge in [0.05, 0.1) is 17.2 Å². The smallest absolute Gasteiger partial charge is 0.386 e. The van der Waals surface area contributed by atoms with E-state index in [9.17, 15) is 27.9 Å². The monoisotopic (exact) mass is 488 g/mol. The Balaban J connectivity index is 1.63. The third-order valence-electron chi connectivity index (χ3n) is 6.46. The van der Waals surface area contributed by atoms with E-state index < -0.39 is 23.4 Å². The summed E-state index contributed by atoms with van der Waals surface area (Å²) in [5.74, 6) is -0.413. The third kappa shape index (κ3) is 5.53. The van der Waals surface area contributed by atoms with Crippen LogP contribution in [0.3, 0.4) is 0 Å². The maximum absolute atomic E-state index is 13.0. The highest BCUT2D eigenvalue weighted by molar-refractivity contribution is 6.04. The number of alkyl halides is 3. The molecule has 186 valence electrons. The molecule has 2 N–H and O–H groups in total. The molecule has 2 aromatic heterocycles. The van der Waals surface area contributed by atoms with Gasteiger partial charge in [-0.1, -0.05) is 6.07 Å². The summed E-state index contributed by atoms with van der Waals surface area (Å²) in [7, 11) is 0. The minimum atomic E-state index is -4.67. The Kier molecular flexibility index (Phi) is 6.68. The highest BCUT2D eigenvalue weighted by Crippen LogP contribution is 2.36. The van der Waals surface area contributed by atoms with E-state index in [1.165, 1.54) is 6.07 Å². The van der Waals surface area contributed by atoms with Gasteiger partial charge in [-0.2, -0.15) is 18.3 Å². The van der Waals surface area contributed by atoms with Crippen molar-refractivity contribution in [3.05, 3.63) is 53.5 Å². The number of pyridine rings is 1. The van der Waals surface area contributed by atoms with Crippen molar-refractivity contribution in [3.63, 3.8) is 0 Å². The summed E-state index contributed by atoms with van der Waals surface area (Å²) in [5.41, 5.74) is -1.62. The fraction of sp³-hybridized carbons (Fsp3) is 0.440. The molecule has 0 bridgehead atoms. The van der Waals surface area contributed by atoms with Crippen LogP contribution in [0.2, 0.25) is 0 Å². The molecule has 1 aliphatic carbocycles. The lowest BCUT2D eigenvalue weighted by atomic mass is 9.84. The SMILES string of the molecule is CC(C)(O)c1cc2nn(C3CCC(CC=O)CC3)cc2cc1NC(=O)c1cccc(C(F)(F)F)n1. The number of hydrogen-bond acceptors (Lipinski definition) is 5. The van der Waals surface area contributed by atoms with Crippen LogP contribution in [0, 0.1) is 5.92 Å². The predicted octanol–water partition coefficient (Wildman–Crippen LogP) is 5.25. The lowest BCUT2D eigenvalue weighted by Gasteiger charge is -2.27. The molecule has 10 heteroatoms. The summed E-state index contributed by atoms with van der Waals surface area (Å²) in [6, 6.07) is 6.65. The van der Waals surface area contributed by atoms with Crippen LogP contribution < -0.4 is 5.32 Å². The lowest BCUT2D eigenvalue weighted by molar-refractivity contribution is -0.141. The van der Waals surface area contributed by atoms with Crippen LogP contribution in [0.25, 0.3) is 10.9 Å². The number of rotatable bonds is 6. The van der Waals surface area contributed by atoms with Crippen LogP contribution in [-0.2, 0) is 16.6 Å². The molecule has 1 aliphatic rings. The molecular weight excluding hydrogens is 461 g/mol. The average Bonchev–Trinajstić information content (AvgIpc) is 3.21. The number of aliphatic hydroxyl groups is 1. The first-order valence-electron chi connectivity index (χ1n) is 11.5. The van der Waals surface area contributed by atoms with E-state index in [0.717, 1.165) is 49.5 Å². The molecule has 2 heterocycles. The Morgan fingerprint density at radius 3 is 2.54 bits per heavy atom. The van der Waals surface area contributed by atoms with Gasteiger partial charge in [0.2, 0.25) is 0 Å². The number of fused-ring (bicyclic) bond motifs is 1. The molecule has 0 radical (unpaired) electrons. The summed E-state index contributed by atoms with van der Waals surface area (Å²) in [4.78, 5) is 27.0. The number of aldehydes is 1. The van der Waals surface area contributed by atoms with Crippen molar-refractivity contribution in [1.29, 1.82) is 0 Å². The fourth-order valence-corrected chi connectivity index (χ4v) is 4.57. The maximum atomic E-state index is 13.0. The quantitative estimate of drug-likeness (QED) is 0.462. The zero-order chi connectivity index (χ0) is 25.4. The molecule has 1 amide bonds. The van der Waals surface area contributed by atoms with Crippen LogP contribution in [-0.4, -0.2) is 32.1 Å². The minimum Gasteiger partial charge on any atom is -0.386 e. The van der Waals surface area contributed by atoms with Gasteiger partial charge in [0, 0.05) is 29.3 Å². The molecule has 3 aromatic rings. The summed E-state index contributed by atoms with van der Waals surface area (Å²) in [5, 5.41) is 18.7. The summed E-state index contributed by atoms with van der Waals surface area (Å²) < 4.78 is 40.9. The van der Waals surface area contributed by atoms with Crippen molar-refractivity contribution in [3.8, 4) is 0 Å². The highest BCUT2D eigenvalue weighted by Gasteiger charge is 2.33. The molecule has 0 aliphatic heterocycles. The molecule has 4 rings (SSSR count). The van der Waals surface area contributed by atoms with Gasteiger partial charge >= 0.3 is 6.18 Å². The maximum Gasteiger partial charge on any atom is 0.433 e. The Hall–Kier alpha value is -3.27. The van der Waals surface area contributed by atoms with Crippen molar-refractivity contribution in [2.24, 2.45) is 5.92 Å². The fourth-order valence-electron chi connectivity index (χ4n) is 4.57. The Labute approximate surface area is 200 Å². The second kappa shape index (κ2) is 9.41. The molecule has 0 saturated heterocycles. The first-order chi connectivity index (χ1) is 16.5. The minimum absolute atomic E-state index is 0.184. The number of benzene rings is 1. The Morgan fingerprint density at radius 1 is 1.20 bits per heavy atom. The van der Waals surface area contributed by atoms with Crippen molar-refractivity contribution in [2.75, 3.05) is 5.32 Å². The number of aromatic nitrogens is 3. The molecule has 0 atom stereocenters. The van der Waals surface area contributed by atoms with Crippen LogP contribution in [0.15, 0.2) is 36.5 Å². The number of halogens is 3. The normalized spacial score (nSPS) is 19.0. The van der Waals surface area contributed by atoms with Crippen LogP contribution in [0.5, 0.6) is 0 Å². The molecule has 1 aromatic carbocycles. The van der Waals surface area contributed by atoms with Crippen molar-refractivity contribution in [1.82, 2.24) is 14.8 Å². The highest BCUT2D eigenvalue weighted by atomic mass is 19.4. The molecule has 1 saturated carbocycles. The molecule has 1 fully saturated rings. The number of nitrogens with zero attached hydrogens (tertiary/aromatic N) is 3. The van der Waals surface area contributed by atoms with E-state index in [0.29, 0.717) is 23.4 Å². The number of nitrogens with one attached hydrogen (secondary N) is 1. The van der Waals surface area contributed by atoms with Gasteiger partial charge in [-0.05, 0) is 69.7 Å². The van der Waals surface area contributed by atoms with Gasteiger partial charge in [-0.25, -0.2) is 4.98 Å². The average molecular weight is 489 g/mol.